The summed E-state index contributed by atoms with van der Waals surface area (Å²) in [6, 6.07) is 10.5. The van der Waals surface area contributed by atoms with E-state index >= 15 is 0 Å². The molecule has 1 fully saturated rings. The van der Waals surface area contributed by atoms with Crippen LogP contribution in [0.4, 0.5) is 5.69 Å². The Morgan fingerprint density at radius 2 is 1.83 bits per heavy atom. The molecule has 0 saturated heterocycles. The first kappa shape index (κ1) is 13.4. The van der Waals surface area contributed by atoms with Gasteiger partial charge in [-0.3, -0.25) is 0 Å². The SMILES string of the molecule is CN(CCNc1ccccc1)CC1CCCCC1. The molecule has 0 radical (unpaired) electrons. The number of nitrogens with one attached hydrogen (secondary N) is 1. The Balaban J connectivity index is 1.61. The quantitative estimate of drug-likeness (QED) is 0.825. The molecular weight excluding hydrogens is 220 g/mol. The summed E-state index contributed by atoms with van der Waals surface area (Å²) >= 11 is 0. The maximum atomic E-state index is 3.47. The second-order valence-electron chi connectivity index (χ2n) is 5.56. The van der Waals surface area contributed by atoms with Crippen molar-refractivity contribution in [2.24, 2.45) is 5.92 Å². The van der Waals surface area contributed by atoms with Gasteiger partial charge in [-0.2, -0.15) is 0 Å². The van der Waals surface area contributed by atoms with E-state index in [1.54, 1.807) is 0 Å². The number of benzene rings is 1. The summed E-state index contributed by atoms with van der Waals surface area (Å²) in [6.45, 7) is 3.44. The molecular formula is C16H26N2. The van der Waals surface area contributed by atoms with E-state index in [-0.39, 0.29) is 0 Å². The molecule has 0 unspecified atom stereocenters. The van der Waals surface area contributed by atoms with E-state index < -0.39 is 0 Å². The van der Waals surface area contributed by atoms with Crippen LogP contribution in [0.25, 0.3) is 0 Å². The predicted octanol–water partition coefficient (Wildman–Crippen LogP) is 3.61. The normalized spacial score (nSPS) is 17.0. The summed E-state index contributed by atoms with van der Waals surface area (Å²) in [5.41, 5.74) is 1.23. The molecule has 2 heteroatoms. The van der Waals surface area contributed by atoms with Crippen LogP contribution < -0.4 is 5.32 Å². The zero-order valence-corrected chi connectivity index (χ0v) is 11.6. The lowest BCUT2D eigenvalue weighted by Crippen LogP contribution is -2.31. The minimum Gasteiger partial charge on any atom is -0.384 e. The summed E-state index contributed by atoms with van der Waals surface area (Å²) in [4.78, 5) is 2.48. The number of likely N-dealkylation sites (N-methyl/N-ethyl adjacent to an activating group) is 1. The lowest BCUT2D eigenvalue weighted by Gasteiger charge is -2.27. The van der Waals surface area contributed by atoms with Gasteiger partial charge in [0.15, 0.2) is 0 Å². The summed E-state index contributed by atoms with van der Waals surface area (Å²) in [5, 5.41) is 3.47. The molecule has 0 bridgehead atoms. The Morgan fingerprint density at radius 1 is 1.11 bits per heavy atom. The van der Waals surface area contributed by atoms with Gasteiger partial charge in [-0.1, -0.05) is 37.5 Å². The first-order valence-corrected chi connectivity index (χ1v) is 7.32. The third kappa shape index (κ3) is 4.69. The number of rotatable bonds is 6. The molecule has 100 valence electrons. The number of para-hydroxylation sites is 1. The van der Waals surface area contributed by atoms with Gasteiger partial charge in [-0.15, -0.1) is 0 Å². The Kier molecular flexibility index (Phi) is 5.53. The van der Waals surface area contributed by atoms with Crippen LogP contribution in [0.5, 0.6) is 0 Å². The highest BCUT2D eigenvalue weighted by Crippen LogP contribution is 2.23. The van der Waals surface area contributed by atoms with Crippen molar-refractivity contribution in [3.8, 4) is 0 Å². The minimum atomic E-state index is 0.945. The maximum Gasteiger partial charge on any atom is 0.0340 e. The van der Waals surface area contributed by atoms with E-state index in [0.29, 0.717) is 0 Å². The van der Waals surface area contributed by atoms with Crippen LogP contribution in [-0.4, -0.2) is 31.6 Å². The molecule has 0 spiro atoms. The summed E-state index contributed by atoms with van der Waals surface area (Å²) in [6.07, 6.45) is 7.23. The number of hydrogen-bond donors (Lipinski definition) is 1. The fraction of sp³-hybridized carbons (Fsp3) is 0.625. The molecule has 18 heavy (non-hydrogen) atoms. The Labute approximate surface area is 111 Å². The van der Waals surface area contributed by atoms with E-state index in [9.17, 15) is 0 Å². The van der Waals surface area contributed by atoms with Gasteiger partial charge >= 0.3 is 0 Å². The number of hydrogen-bond acceptors (Lipinski definition) is 2. The van der Waals surface area contributed by atoms with Gasteiger partial charge in [-0.25, -0.2) is 0 Å². The van der Waals surface area contributed by atoms with Crippen molar-refractivity contribution in [2.45, 2.75) is 32.1 Å². The van der Waals surface area contributed by atoms with E-state index in [2.05, 4.69) is 47.6 Å². The van der Waals surface area contributed by atoms with Gasteiger partial charge in [0.25, 0.3) is 0 Å². The smallest absolute Gasteiger partial charge is 0.0340 e. The molecule has 0 heterocycles. The van der Waals surface area contributed by atoms with E-state index in [0.717, 1.165) is 19.0 Å². The van der Waals surface area contributed by atoms with E-state index in [4.69, 9.17) is 0 Å². The molecule has 1 saturated carbocycles. The molecule has 1 N–H and O–H groups in total. The Morgan fingerprint density at radius 3 is 2.56 bits per heavy atom. The van der Waals surface area contributed by atoms with Gasteiger partial charge in [0, 0.05) is 25.3 Å². The van der Waals surface area contributed by atoms with Crippen LogP contribution in [0.2, 0.25) is 0 Å². The van der Waals surface area contributed by atoms with Gasteiger partial charge in [0.1, 0.15) is 0 Å². The monoisotopic (exact) mass is 246 g/mol. The minimum absolute atomic E-state index is 0.945. The zero-order valence-electron chi connectivity index (χ0n) is 11.6. The maximum absolute atomic E-state index is 3.47. The second-order valence-corrected chi connectivity index (χ2v) is 5.56. The molecule has 0 atom stereocenters. The van der Waals surface area contributed by atoms with E-state index in [1.165, 1.54) is 44.3 Å². The molecule has 0 aliphatic heterocycles. The highest BCUT2D eigenvalue weighted by atomic mass is 15.1. The molecule has 0 amide bonds. The summed E-state index contributed by atoms with van der Waals surface area (Å²) in [7, 11) is 2.25. The third-order valence-electron chi connectivity index (χ3n) is 3.89. The van der Waals surface area contributed by atoms with Crippen molar-refractivity contribution in [3.05, 3.63) is 30.3 Å². The van der Waals surface area contributed by atoms with Crippen molar-refractivity contribution >= 4 is 5.69 Å². The van der Waals surface area contributed by atoms with Crippen LogP contribution in [-0.2, 0) is 0 Å². The molecule has 1 aromatic carbocycles. The van der Waals surface area contributed by atoms with Gasteiger partial charge < -0.3 is 10.2 Å². The van der Waals surface area contributed by atoms with E-state index in [1.807, 2.05) is 0 Å². The fourth-order valence-corrected chi connectivity index (χ4v) is 2.85. The topological polar surface area (TPSA) is 15.3 Å². The standard InChI is InChI=1S/C16H26N2/c1-18(14-15-8-4-2-5-9-15)13-12-17-16-10-6-3-7-11-16/h3,6-7,10-11,15,17H,2,4-5,8-9,12-14H2,1H3. The summed E-state index contributed by atoms with van der Waals surface area (Å²) < 4.78 is 0. The predicted molar refractivity (Wildman–Crippen MR) is 79.0 cm³/mol. The van der Waals surface area contributed by atoms with Crippen molar-refractivity contribution in [2.75, 3.05) is 32.0 Å². The average molecular weight is 246 g/mol. The van der Waals surface area contributed by atoms with Crippen molar-refractivity contribution in [1.29, 1.82) is 0 Å². The van der Waals surface area contributed by atoms with Crippen LogP contribution in [0.3, 0.4) is 0 Å². The van der Waals surface area contributed by atoms with Crippen LogP contribution in [0.15, 0.2) is 30.3 Å². The van der Waals surface area contributed by atoms with Gasteiger partial charge in [0.05, 0.1) is 0 Å². The Hall–Kier alpha value is -1.02. The van der Waals surface area contributed by atoms with Crippen molar-refractivity contribution in [3.63, 3.8) is 0 Å². The highest BCUT2D eigenvalue weighted by molar-refractivity contribution is 5.42. The summed E-state index contributed by atoms with van der Waals surface area (Å²) in [5.74, 6) is 0.945. The van der Waals surface area contributed by atoms with Crippen molar-refractivity contribution < 1.29 is 0 Å². The molecule has 2 rings (SSSR count). The van der Waals surface area contributed by atoms with Crippen LogP contribution in [0, 0.1) is 5.92 Å². The average Bonchev–Trinajstić information content (AvgIpc) is 2.41. The molecule has 2 nitrogen and oxygen atoms in total. The fourth-order valence-electron chi connectivity index (χ4n) is 2.85. The van der Waals surface area contributed by atoms with Crippen LogP contribution >= 0.6 is 0 Å². The van der Waals surface area contributed by atoms with Gasteiger partial charge in [0.2, 0.25) is 0 Å². The molecule has 1 aromatic rings. The first-order valence-electron chi connectivity index (χ1n) is 7.32. The molecule has 1 aliphatic carbocycles. The van der Waals surface area contributed by atoms with Gasteiger partial charge in [-0.05, 0) is 37.9 Å². The lowest BCUT2D eigenvalue weighted by atomic mass is 9.89. The zero-order chi connectivity index (χ0) is 12.6. The lowest BCUT2D eigenvalue weighted by molar-refractivity contribution is 0.239. The Bertz CT molecular complexity index is 317. The second kappa shape index (κ2) is 7.42. The number of anilines is 1. The highest BCUT2D eigenvalue weighted by Gasteiger charge is 2.14. The molecule has 0 aromatic heterocycles. The van der Waals surface area contributed by atoms with Crippen molar-refractivity contribution in [1.82, 2.24) is 4.90 Å². The molecule has 1 aliphatic rings. The third-order valence-corrected chi connectivity index (χ3v) is 3.89. The van der Waals surface area contributed by atoms with Crippen LogP contribution in [0.1, 0.15) is 32.1 Å². The largest absolute Gasteiger partial charge is 0.384 e. The first-order chi connectivity index (χ1) is 8.84. The number of nitrogens with zero attached hydrogens (tertiary/aromatic N) is 1.